The molecule has 3 aromatic rings. The van der Waals surface area contributed by atoms with E-state index in [9.17, 15) is 4.79 Å². The minimum absolute atomic E-state index is 0.0252. The number of allylic oxidation sites excluding steroid dienone is 1. The zero-order valence-electron chi connectivity index (χ0n) is 18.7. The highest BCUT2D eigenvalue weighted by Crippen LogP contribution is 2.32. The number of nitrogens with zero attached hydrogens (tertiary/aromatic N) is 2. The molecule has 1 atom stereocenters. The van der Waals surface area contributed by atoms with E-state index in [0.717, 1.165) is 36.1 Å². The smallest absolute Gasteiger partial charge is 0.341 e. The maximum absolute atomic E-state index is 10.9. The highest BCUT2D eigenvalue weighted by molar-refractivity contribution is 5.68. The van der Waals surface area contributed by atoms with E-state index in [2.05, 4.69) is 24.1 Å². The molecule has 0 amide bonds. The van der Waals surface area contributed by atoms with Crippen LogP contribution in [0.1, 0.15) is 30.0 Å². The molecule has 33 heavy (non-hydrogen) atoms. The van der Waals surface area contributed by atoms with Crippen LogP contribution in [0, 0.1) is 0 Å². The first-order valence-corrected chi connectivity index (χ1v) is 11.1. The Morgan fingerprint density at radius 1 is 1.09 bits per heavy atom. The van der Waals surface area contributed by atoms with E-state index in [0.29, 0.717) is 12.4 Å². The molecule has 1 aliphatic rings. The van der Waals surface area contributed by atoms with Crippen LogP contribution in [0.25, 0.3) is 0 Å². The van der Waals surface area contributed by atoms with E-state index >= 15 is 0 Å². The van der Waals surface area contributed by atoms with Gasteiger partial charge >= 0.3 is 5.97 Å². The summed E-state index contributed by atoms with van der Waals surface area (Å²) in [6.45, 7) is 2.27. The van der Waals surface area contributed by atoms with E-state index in [1.807, 2.05) is 59.7 Å². The Labute approximate surface area is 194 Å². The minimum Gasteiger partial charge on any atom is -0.482 e. The first-order valence-electron chi connectivity index (χ1n) is 11.1. The quantitative estimate of drug-likeness (QED) is 0.370. The van der Waals surface area contributed by atoms with Gasteiger partial charge in [-0.2, -0.15) is 0 Å². The Bertz CT molecular complexity index is 1100. The van der Waals surface area contributed by atoms with Crippen molar-refractivity contribution in [1.82, 2.24) is 4.98 Å². The summed E-state index contributed by atoms with van der Waals surface area (Å²) in [4.78, 5) is 21.2. The second-order valence-electron chi connectivity index (χ2n) is 8.11. The number of para-hydroxylation sites is 1. The van der Waals surface area contributed by atoms with E-state index in [4.69, 9.17) is 14.7 Å². The topological polar surface area (TPSA) is 71.9 Å². The molecule has 170 valence electrons. The Balaban J connectivity index is 1.50. The molecule has 1 unspecified atom stereocenters. The van der Waals surface area contributed by atoms with Gasteiger partial charge in [-0.25, -0.2) is 9.86 Å². The van der Waals surface area contributed by atoms with Crippen LogP contribution in [0.2, 0.25) is 0 Å². The number of ether oxygens (including phenoxy) is 1. The van der Waals surface area contributed by atoms with Gasteiger partial charge in [-0.1, -0.05) is 42.0 Å². The van der Waals surface area contributed by atoms with Crippen LogP contribution in [-0.2, 0) is 29.1 Å². The zero-order chi connectivity index (χ0) is 23.0. The van der Waals surface area contributed by atoms with Crippen LogP contribution >= 0.6 is 0 Å². The van der Waals surface area contributed by atoms with Crippen molar-refractivity contribution in [2.45, 2.75) is 38.8 Å². The van der Waals surface area contributed by atoms with Crippen LogP contribution < -0.4 is 9.80 Å². The average molecular weight is 445 g/mol. The normalized spacial score (nSPS) is 15.0. The van der Waals surface area contributed by atoms with Crippen molar-refractivity contribution in [3.05, 3.63) is 101 Å². The number of anilines is 1. The van der Waals surface area contributed by atoms with Crippen LogP contribution in [-0.4, -0.2) is 28.7 Å². The Kier molecular flexibility index (Phi) is 7.37. The van der Waals surface area contributed by atoms with Gasteiger partial charge in [0.15, 0.2) is 6.61 Å². The second kappa shape index (κ2) is 10.8. The third-order valence-corrected chi connectivity index (χ3v) is 5.67. The van der Waals surface area contributed by atoms with Crippen LogP contribution in [0.3, 0.4) is 0 Å². The van der Waals surface area contributed by atoms with Gasteiger partial charge in [0.1, 0.15) is 12.4 Å². The van der Waals surface area contributed by atoms with Gasteiger partial charge in [0.05, 0.1) is 11.7 Å². The number of carbonyl (C=O) groups is 1. The lowest BCUT2D eigenvalue weighted by atomic mass is 9.86. The average Bonchev–Trinajstić information content (AvgIpc) is 2.84. The van der Waals surface area contributed by atoms with Gasteiger partial charge in [0, 0.05) is 12.4 Å². The van der Waals surface area contributed by atoms with Gasteiger partial charge in [0.2, 0.25) is 0 Å². The lowest BCUT2D eigenvalue weighted by Gasteiger charge is -2.30. The minimum atomic E-state index is -0.967. The van der Waals surface area contributed by atoms with Gasteiger partial charge in [0.25, 0.3) is 0 Å². The van der Waals surface area contributed by atoms with E-state index in [1.165, 1.54) is 11.1 Å². The van der Waals surface area contributed by atoms with E-state index in [-0.39, 0.29) is 12.6 Å². The predicted molar refractivity (Wildman–Crippen MR) is 127 cm³/mol. The summed E-state index contributed by atoms with van der Waals surface area (Å²) in [5, 5.41) is 10.9. The lowest BCUT2D eigenvalue weighted by Crippen LogP contribution is -2.32. The number of carboxylic acids is 1. The van der Waals surface area contributed by atoms with Crippen LogP contribution in [0.5, 0.6) is 5.75 Å². The molecule has 0 saturated carbocycles. The number of fused-ring (bicyclic) bond motifs is 1. The van der Waals surface area contributed by atoms with Crippen molar-refractivity contribution in [2.75, 3.05) is 11.7 Å². The molecule has 0 bridgehead atoms. The summed E-state index contributed by atoms with van der Waals surface area (Å²) in [6, 6.07) is 19.9. The van der Waals surface area contributed by atoms with E-state index < -0.39 is 5.97 Å². The van der Waals surface area contributed by atoms with Crippen molar-refractivity contribution in [2.24, 2.45) is 0 Å². The highest BCUT2D eigenvalue weighted by atomic mass is 16.7. The Morgan fingerprint density at radius 3 is 2.64 bits per heavy atom. The lowest BCUT2D eigenvalue weighted by molar-refractivity contribution is -0.139. The zero-order valence-corrected chi connectivity index (χ0v) is 18.7. The molecular weight excluding hydrogens is 416 g/mol. The molecular formula is C27H28N2O4. The number of rotatable bonds is 9. The number of carboxylic acid groups (broad SMARTS) is 1. The molecule has 0 aliphatic heterocycles. The van der Waals surface area contributed by atoms with Crippen LogP contribution in [0.15, 0.2) is 84.7 Å². The SMILES string of the molecule is CC(C=C1CCc2c(cccc2OCC(=O)O)C1)N(OCc1ccncc1)c1ccccc1. The maximum atomic E-state index is 10.9. The van der Waals surface area contributed by atoms with Gasteiger partial charge in [-0.05, 0) is 73.2 Å². The summed E-state index contributed by atoms with van der Waals surface area (Å²) < 4.78 is 5.50. The van der Waals surface area contributed by atoms with Crippen molar-refractivity contribution in [3.63, 3.8) is 0 Å². The molecule has 1 aromatic heterocycles. The molecule has 2 aromatic carbocycles. The number of aliphatic carboxylic acids is 1. The summed E-state index contributed by atoms with van der Waals surface area (Å²) in [6.07, 6.45) is 8.35. The number of hydroxylamine groups is 1. The molecule has 1 aliphatic carbocycles. The standard InChI is InChI=1S/C27H28N2O4/c1-20(29(24-7-3-2-4-8-24)33-18-21-12-14-28-15-13-21)16-22-10-11-25-23(17-22)6-5-9-26(25)32-19-27(30)31/h2-9,12-16,20H,10-11,17-19H2,1H3,(H,30,31). The fraction of sp³-hybridized carbons (Fsp3) is 0.259. The molecule has 1 heterocycles. The molecule has 0 radical (unpaired) electrons. The molecule has 0 fully saturated rings. The summed E-state index contributed by atoms with van der Waals surface area (Å²) >= 11 is 0. The maximum Gasteiger partial charge on any atom is 0.341 e. The van der Waals surface area contributed by atoms with Crippen molar-refractivity contribution in [1.29, 1.82) is 0 Å². The fourth-order valence-electron chi connectivity index (χ4n) is 4.13. The van der Waals surface area contributed by atoms with E-state index in [1.54, 1.807) is 12.4 Å². The summed E-state index contributed by atoms with van der Waals surface area (Å²) in [5.74, 6) is -0.292. The molecule has 1 N–H and O–H groups in total. The monoisotopic (exact) mass is 444 g/mol. The van der Waals surface area contributed by atoms with Crippen molar-refractivity contribution in [3.8, 4) is 5.75 Å². The first-order chi connectivity index (χ1) is 16.1. The Hall–Kier alpha value is -3.64. The molecule has 0 saturated heterocycles. The highest BCUT2D eigenvalue weighted by Gasteiger charge is 2.20. The van der Waals surface area contributed by atoms with Gasteiger partial charge in [-0.15, -0.1) is 0 Å². The number of hydrogen-bond donors (Lipinski definition) is 1. The molecule has 6 nitrogen and oxygen atoms in total. The number of pyridine rings is 1. The third kappa shape index (κ3) is 5.99. The second-order valence-corrected chi connectivity index (χ2v) is 8.11. The number of hydrogen-bond acceptors (Lipinski definition) is 5. The third-order valence-electron chi connectivity index (χ3n) is 5.67. The largest absolute Gasteiger partial charge is 0.482 e. The summed E-state index contributed by atoms with van der Waals surface area (Å²) in [7, 11) is 0. The fourth-order valence-corrected chi connectivity index (χ4v) is 4.13. The van der Waals surface area contributed by atoms with Gasteiger partial charge < -0.3 is 9.84 Å². The van der Waals surface area contributed by atoms with Crippen molar-refractivity contribution >= 4 is 11.7 Å². The number of aromatic nitrogens is 1. The van der Waals surface area contributed by atoms with Gasteiger partial charge in [-0.3, -0.25) is 9.82 Å². The molecule has 4 rings (SSSR count). The molecule has 0 spiro atoms. The number of benzene rings is 2. The Morgan fingerprint density at radius 2 is 1.88 bits per heavy atom. The van der Waals surface area contributed by atoms with Crippen molar-refractivity contribution < 1.29 is 19.5 Å². The first kappa shape index (κ1) is 22.6. The molecule has 6 heteroatoms. The van der Waals surface area contributed by atoms with Crippen LogP contribution in [0.4, 0.5) is 5.69 Å². The predicted octanol–water partition coefficient (Wildman–Crippen LogP) is 4.99. The summed E-state index contributed by atoms with van der Waals surface area (Å²) in [5.41, 5.74) is 5.69.